The standard InChI is InChI=1S/C22H31N3O2/c1-16(2)19(22(27)25-12-10-18-9-6-11-24-15-18)14-21(26)20(23)13-17-7-4-3-5-8-17/h3-9,11,15-16,19-21,26H,10,12-14,23H2,1-2H3,(H,25,27)/t19-,20+,21+/m1/s1. The molecule has 0 radical (unpaired) electrons. The van der Waals surface area contributed by atoms with Gasteiger partial charge in [0, 0.05) is 30.9 Å². The number of pyridine rings is 1. The van der Waals surface area contributed by atoms with Crippen LogP contribution in [0.1, 0.15) is 31.4 Å². The van der Waals surface area contributed by atoms with Crippen LogP contribution in [0.2, 0.25) is 0 Å². The number of aliphatic hydroxyl groups is 1. The van der Waals surface area contributed by atoms with Crippen LogP contribution in [0.4, 0.5) is 0 Å². The predicted molar refractivity (Wildman–Crippen MR) is 108 cm³/mol. The Kier molecular flexibility index (Phi) is 8.43. The quantitative estimate of drug-likeness (QED) is 0.600. The van der Waals surface area contributed by atoms with Crippen molar-refractivity contribution < 1.29 is 9.90 Å². The van der Waals surface area contributed by atoms with E-state index >= 15 is 0 Å². The number of rotatable bonds is 10. The van der Waals surface area contributed by atoms with Gasteiger partial charge in [0.25, 0.3) is 0 Å². The van der Waals surface area contributed by atoms with Crippen LogP contribution in [0.5, 0.6) is 0 Å². The van der Waals surface area contributed by atoms with Gasteiger partial charge >= 0.3 is 0 Å². The van der Waals surface area contributed by atoms with E-state index in [9.17, 15) is 9.90 Å². The molecule has 146 valence electrons. The highest BCUT2D eigenvalue weighted by Gasteiger charge is 2.27. The fraction of sp³-hybridized carbons (Fsp3) is 0.455. The van der Waals surface area contributed by atoms with Gasteiger partial charge < -0.3 is 16.2 Å². The van der Waals surface area contributed by atoms with Gasteiger partial charge in [-0.1, -0.05) is 50.2 Å². The zero-order valence-electron chi connectivity index (χ0n) is 16.2. The lowest BCUT2D eigenvalue weighted by molar-refractivity contribution is -0.127. The molecule has 2 rings (SSSR count). The van der Waals surface area contributed by atoms with Crippen molar-refractivity contribution in [3.05, 3.63) is 66.0 Å². The molecule has 4 N–H and O–H groups in total. The van der Waals surface area contributed by atoms with Crippen molar-refractivity contribution in [2.24, 2.45) is 17.6 Å². The molecule has 0 saturated carbocycles. The Bertz CT molecular complexity index is 676. The van der Waals surface area contributed by atoms with Crippen LogP contribution in [0.15, 0.2) is 54.9 Å². The number of benzene rings is 1. The molecule has 0 spiro atoms. The summed E-state index contributed by atoms with van der Waals surface area (Å²) in [4.78, 5) is 16.7. The summed E-state index contributed by atoms with van der Waals surface area (Å²) < 4.78 is 0. The summed E-state index contributed by atoms with van der Waals surface area (Å²) in [5.41, 5.74) is 8.36. The average molecular weight is 370 g/mol. The van der Waals surface area contributed by atoms with Crippen LogP contribution in [-0.2, 0) is 17.6 Å². The Hall–Kier alpha value is -2.24. The highest BCUT2D eigenvalue weighted by molar-refractivity contribution is 5.78. The van der Waals surface area contributed by atoms with Crippen LogP contribution < -0.4 is 11.1 Å². The highest BCUT2D eigenvalue weighted by atomic mass is 16.3. The van der Waals surface area contributed by atoms with E-state index in [1.165, 1.54) is 0 Å². The zero-order valence-corrected chi connectivity index (χ0v) is 16.2. The lowest BCUT2D eigenvalue weighted by Crippen LogP contribution is -2.42. The number of amides is 1. The molecule has 0 bridgehead atoms. The lowest BCUT2D eigenvalue weighted by Gasteiger charge is -2.26. The molecule has 1 amide bonds. The van der Waals surface area contributed by atoms with Crippen molar-refractivity contribution in [1.82, 2.24) is 10.3 Å². The number of aromatic nitrogens is 1. The van der Waals surface area contributed by atoms with Gasteiger partial charge in [-0.15, -0.1) is 0 Å². The minimum Gasteiger partial charge on any atom is -0.391 e. The van der Waals surface area contributed by atoms with Gasteiger partial charge in [0.05, 0.1) is 6.10 Å². The van der Waals surface area contributed by atoms with E-state index in [-0.39, 0.29) is 17.7 Å². The Balaban J connectivity index is 1.84. The summed E-state index contributed by atoms with van der Waals surface area (Å²) in [6.07, 6.45) is 4.51. The van der Waals surface area contributed by atoms with E-state index < -0.39 is 12.1 Å². The van der Waals surface area contributed by atoms with E-state index in [4.69, 9.17) is 5.73 Å². The first-order valence-electron chi connectivity index (χ1n) is 9.61. The molecule has 5 heteroatoms. The first-order chi connectivity index (χ1) is 13.0. The normalized spacial score (nSPS) is 14.6. The van der Waals surface area contributed by atoms with Crippen LogP contribution in [0, 0.1) is 11.8 Å². The molecule has 27 heavy (non-hydrogen) atoms. The molecule has 1 heterocycles. The molecule has 2 aromatic rings. The summed E-state index contributed by atoms with van der Waals surface area (Å²) in [5.74, 6) is -0.169. The van der Waals surface area contributed by atoms with Gasteiger partial charge in [-0.2, -0.15) is 0 Å². The van der Waals surface area contributed by atoms with Crippen molar-refractivity contribution in [1.29, 1.82) is 0 Å². The van der Waals surface area contributed by atoms with Crippen molar-refractivity contribution >= 4 is 5.91 Å². The zero-order chi connectivity index (χ0) is 19.6. The van der Waals surface area contributed by atoms with E-state index in [1.54, 1.807) is 12.4 Å². The fourth-order valence-electron chi connectivity index (χ4n) is 3.15. The summed E-state index contributed by atoms with van der Waals surface area (Å²) in [6.45, 7) is 4.56. The van der Waals surface area contributed by atoms with E-state index in [2.05, 4.69) is 10.3 Å². The number of nitrogens with one attached hydrogen (secondary N) is 1. The second-order valence-corrected chi connectivity index (χ2v) is 7.41. The van der Waals surface area contributed by atoms with E-state index in [1.807, 2.05) is 56.3 Å². The third-order valence-electron chi connectivity index (χ3n) is 4.88. The molecule has 0 unspecified atom stereocenters. The molecule has 1 aromatic carbocycles. The second-order valence-electron chi connectivity index (χ2n) is 7.41. The van der Waals surface area contributed by atoms with Gasteiger partial charge in [0.1, 0.15) is 0 Å². The van der Waals surface area contributed by atoms with Gasteiger partial charge in [-0.3, -0.25) is 9.78 Å². The molecule has 0 aliphatic heterocycles. The minimum atomic E-state index is -0.721. The number of hydrogen-bond donors (Lipinski definition) is 3. The maximum Gasteiger partial charge on any atom is 0.223 e. The first kappa shape index (κ1) is 21.1. The van der Waals surface area contributed by atoms with E-state index in [0.717, 1.165) is 17.5 Å². The SMILES string of the molecule is CC(C)[C@@H](C[C@H](O)[C@@H](N)Cc1ccccc1)C(=O)NCCc1cccnc1. The number of aliphatic hydroxyl groups excluding tert-OH is 1. The maximum absolute atomic E-state index is 12.6. The molecule has 0 fully saturated rings. The Morgan fingerprint density at radius 1 is 1.15 bits per heavy atom. The highest BCUT2D eigenvalue weighted by Crippen LogP contribution is 2.20. The second kappa shape index (κ2) is 10.8. The summed E-state index contributed by atoms with van der Waals surface area (Å²) in [5, 5.41) is 13.5. The van der Waals surface area contributed by atoms with Crippen molar-refractivity contribution in [3.8, 4) is 0 Å². The summed E-state index contributed by atoms with van der Waals surface area (Å²) in [7, 11) is 0. The van der Waals surface area contributed by atoms with Crippen molar-refractivity contribution in [2.45, 2.75) is 45.3 Å². The monoisotopic (exact) mass is 369 g/mol. The Morgan fingerprint density at radius 3 is 2.48 bits per heavy atom. The molecule has 0 aliphatic rings. The van der Waals surface area contributed by atoms with Crippen LogP contribution in [0.25, 0.3) is 0 Å². The van der Waals surface area contributed by atoms with Crippen molar-refractivity contribution in [3.63, 3.8) is 0 Å². The molecule has 0 aliphatic carbocycles. The average Bonchev–Trinajstić information content (AvgIpc) is 2.67. The number of hydrogen-bond acceptors (Lipinski definition) is 4. The predicted octanol–water partition coefficient (Wildman–Crippen LogP) is 2.33. The van der Waals surface area contributed by atoms with Gasteiger partial charge in [0.15, 0.2) is 0 Å². The van der Waals surface area contributed by atoms with Crippen LogP contribution >= 0.6 is 0 Å². The van der Waals surface area contributed by atoms with Crippen LogP contribution in [-0.4, -0.2) is 34.7 Å². The number of carbonyl (C=O) groups excluding carboxylic acids is 1. The number of nitrogens with two attached hydrogens (primary N) is 1. The Labute approximate surface area is 162 Å². The molecule has 3 atom stereocenters. The van der Waals surface area contributed by atoms with E-state index in [0.29, 0.717) is 19.4 Å². The smallest absolute Gasteiger partial charge is 0.223 e. The molecular weight excluding hydrogens is 338 g/mol. The van der Waals surface area contributed by atoms with Gasteiger partial charge in [-0.05, 0) is 42.4 Å². The number of nitrogens with zero attached hydrogens (tertiary/aromatic N) is 1. The summed E-state index contributed by atoms with van der Waals surface area (Å²) in [6, 6.07) is 13.4. The third-order valence-corrected chi connectivity index (χ3v) is 4.88. The third kappa shape index (κ3) is 7.12. The maximum atomic E-state index is 12.6. The molecule has 0 saturated heterocycles. The first-order valence-corrected chi connectivity index (χ1v) is 9.61. The van der Waals surface area contributed by atoms with Gasteiger partial charge in [-0.25, -0.2) is 0 Å². The molecular formula is C22H31N3O2. The molecule has 1 aromatic heterocycles. The van der Waals surface area contributed by atoms with Gasteiger partial charge in [0.2, 0.25) is 5.91 Å². The Morgan fingerprint density at radius 2 is 1.85 bits per heavy atom. The van der Waals surface area contributed by atoms with Crippen molar-refractivity contribution in [2.75, 3.05) is 6.54 Å². The lowest BCUT2D eigenvalue weighted by atomic mass is 9.86. The number of carbonyl (C=O) groups is 1. The topological polar surface area (TPSA) is 88.2 Å². The minimum absolute atomic E-state index is 0.0279. The fourth-order valence-corrected chi connectivity index (χ4v) is 3.15. The molecule has 5 nitrogen and oxygen atoms in total. The largest absolute Gasteiger partial charge is 0.391 e. The van der Waals surface area contributed by atoms with Crippen LogP contribution in [0.3, 0.4) is 0 Å². The summed E-state index contributed by atoms with van der Waals surface area (Å²) >= 11 is 0.